The van der Waals surface area contributed by atoms with E-state index in [2.05, 4.69) is 47.7 Å². The van der Waals surface area contributed by atoms with Gasteiger partial charge in [-0.1, -0.05) is 23.8 Å². The number of nitrogens with zero attached hydrogens (tertiary/aromatic N) is 1. The van der Waals surface area contributed by atoms with Crippen molar-refractivity contribution >= 4 is 29.9 Å². The number of rotatable bonds is 4. The highest BCUT2D eigenvalue weighted by Crippen LogP contribution is 2.11. The third kappa shape index (κ3) is 5.74. The monoisotopic (exact) mass is 445 g/mol. The molecule has 2 rings (SSSR count). The lowest BCUT2D eigenvalue weighted by Crippen LogP contribution is -2.36. The Morgan fingerprint density at radius 3 is 2.25 bits per heavy atom. The number of nitrogens with one attached hydrogen (secondary N) is 2. The molecule has 0 spiro atoms. The average Bonchev–Trinajstić information content (AvgIpc) is 2.52. The third-order valence-corrected chi connectivity index (χ3v) is 3.62. The van der Waals surface area contributed by atoms with Crippen LogP contribution in [0.3, 0.4) is 0 Å². The summed E-state index contributed by atoms with van der Waals surface area (Å²) in [6, 6.07) is 9.65. The highest BCUT2D eigenvalue weighted by atomic mass is 127. The molecule has 3 nitrogen and oxygen atoms in total. The number of hydrogen-bond acceptors (Lipinski definition) is 1. The van der Waals surface area contributed by atoms with Crippen molar-refractivity contribution in [3.8, 4) is 0 Å². The Bertz CT molecular complexity index is 717. The smallest absolute Gasteiger partial charge is 0.191 e. The first-order chi connectivity index (χ1) is 11.0. The van der Waals surface area contributed by atoms with Gasteiger partial charge >= 0.3 is 0 Å². The molecule has 2 aromatic carbocycles. The van der Waals surface area contributed by atoms with Gasteiger partial charge in [0.2, 0.25) is 0 Å². The molecule has 0 saturated carbocycles. The second kappa shape index (κ2) is 9.56. The second-order valence-electron chi connectivity index (χ2n) is 5.44. The van der Waals surface area contributed by atoms with Crippen LogP contribution in [-0.2, 0) is 13.1 Å². The number of benzene rings is 2. The van der Waals surface area contributed by atoms with E-state index in [-0.39, 0.29) is 36.1 Å². The van der Waals surface area contributed by atoms with Crippen molar-refractivity contribution < 1.29 is 8.78 Å². The molecule has 0 bridgehead atoms. The van der Waals surface area contributed by atoms with Gasteiger partial charge in [-0.15, -0.1) is 24.0 Å². The molecule has 0 aliphatic heterocycles. The second-order valence-corrected chi connectivity index (χ2v) is 5.44. The van der Waals surface area contributed by atoms with Gasteiger partial charge in [-0.05, 0) is 43.2 Å². The Morgan fingerprint density at radius 1 is 0.958 bits per heavy atom. The fourth-order valence-electron chi connectivity index (χ4n) is 2.30. The SMILES string of the molecule is CN=C(NCc1ccc(C)cc1C)NCc1cc(F)ccc1F.I. The van der Waals surface area contributed by atoms with Crippen LogP contribution in [0.15, 0.2) is 41.4 Å². The highest BCUT2D eigenvalue weighted by Gasteiger charge is 2.06. The van der Waals surface area contributed by atoms with E-state index < -0.39 is 11.6 Å². The minimum atomic E-state index is -0.457. The van der Waals surface area contributed by atoms with E-state index in [0.29, 0.717) is 12.5 Å². The highest BCUT2D eigenvalue weighted by molar-refractivity contribution is 14.0. The van der Waals surface area contributed by atoms with Crippen LogP contribution < -0.4 is 10.6 Å². The fraction of sp³-hybridized carbons (Fsp3) is 0.278. The first kappa shape index (κ1) is 20.3. The molecule has 2 aromatic rings. The van der Waals surface area contributed by atoms with E-state index in [9.17, 15) is 8.78 Å². The zero-order valence-electron chi connectivity index (χ0n) is 14.0. The van der Waals surface area contributed by atoms with Crippen LogP contribution in [0.5, 0.6) is 0 Å². The summed E-state index contributed by atoms with van der Waals surface area (Å²) in [5, 5.41) is 6.16. The lowest BCUT2D eigenvalue weighted by Gasteiger charge is -2.14. The maximum atomic E-state index is 13.6. The summed E-state index contributed by atoms with van der Waals surface area (Å²) in [4.78, 5) is 4.10. The van der Waals surface area contributed by atoms with Gasteiger partial charge in [-0.25, -0.2) is 8.78 Å². The molecule has 0 aliphatic carbocycles. The predicted molar refractivity (Wildman–Crippen MR) is 105 cm³/mol. The quantitative estimate of drug-likeness (QED) is 0.423. The summed E-state index contributed by atoms with van der Waals surface area (Å²) in [5.74, 6) is -0.362. The summed E-state index contributed by atoms with van der Waals surface area (Å²) >= 11 is 0. The molecule has 0 unspecified atom stereocenters. The van der Waals surface area contributed by atoms with Crippen LogP contribution >= 0.6 is 24.0 Å². The molecule has 0 aliphatic rings. The van der Waals surface area contributed by atoms with E-state index in [0.717, 1.165) is 17.7 Å². The molecule has 6 heteroatoms. The Kier molecular flexibility index (Phi) is 8.10. The summed E-state index contributed by atoms with van der Waals surface area (Å²) < 4.78 is 26.8. The van der Waals surface area contributed by atoms with Crippen molar-refractivity contribution in [3.63, 3.8) is 0 Å². The van der Waals surface area contributed by atoms with Gasteiger partial charge in [-0.2, -0.15) is 0 Å². The summed E-state index contributed by atoms with van der Waals surface area (Å²) in [7, 11) is 1.64. The molecule has 0 aromatic heterocycles. The van der Waals surface area contributed by atoms with Crippen LogP contribution in [0, 0.1) is 25.5 Å². The zero-order chi connectivity index (χ0) is 16.8. The molecule has 0 heterocycles. The first-order valence-electron chi connectivity index (χ1n) is 7.44. The summed E-state index contributed by atoms with van der Waals surface area (Å²) in [6.45, 7) is 4.88. The minimum Gasteiger partial charge on any atom is -0.352 e. The number of aliphatic imine (C=N–C) groups is 1. The van der Waals surface area contributed by atoms with E-state index in [1.54, 1.807) is 7.05 Å². The predicted octanol–water partition coefficient (Wildman–Crippen LogP) is 4.06. The van der Waals surface area contributed by atoms with Gasteiger partial charge in [0, 0.05) is 25.7 Å². The molecular formula is C18H22F2IN3. The van der Waals surface area contributed by atoms with E-state index in [1.807, 2.05) is 0 Å². The zero-order valence-corrected chi connectivity index (χ0v) is 16.3. The number of halogens is 3. The van der Waals surface area contributed by atoms with Crippen molar-refractivity contribution in [2.75, 3.05) is 7.05 Å². The standard InChI is InChI=1S/C18H21F2N3.HI/c1-12-4-5-14(13(2)8-12)10-22-18(21-3)23-11-15-9-16(19)6-7-17(15)20;/h4-9H,10-11H2,1-3H3,(H2,21,22,23);1H. The molecule has 0 fully saturated rings. The number of guanidine groups is 1. The van der Waals surface area contributed by atoms with Crippen molar-refractivity contribution in [2.45, 2.75) is 26.9 Å². The largest absolute Gasteiger partial charge is 0.352 e. The van der Waals surface area contributed by atoms with Gasteiger partial charge < -0.3 is 10.6 Å². The van der Waals surface area contributed by atoms with Crippen molar-refractivity contribution in [1.29, 1.82) is 0 Å². The van der Waals surface area contributed by atoms with Crippen molar-refractivity contribution in [1.82, 2.24) is 10.6 Å². The van der Waals surface area contributed by atoms with E-state index in [4.69, 9.17) is 0 Å². The molecule has 24 heavy (non-hydrogen) atoms. The van der Waals surface area contributed by atoms with Crippen molar-refractivity contribution in [2.24, 2.45) is 4.99 Å². The normalized spacial score (nSPS) is 11.0. The van der Waals surface area contributed by atoms with Gasteiger partial charge in [0.05, 0.1) is 0 Å². The Morgan fingerprint density at radius 2 is 1.62 bits per heavy atom. The molecular weight excluding hydrogens is 423 g/mol. The van der Waals surface area contributed by atoms with Gasteiger partial charge in [0.1, 0.15) is 11.6 Å². The van der Waals surface area contributed by atoms with E-state index >= 15 is 0 Å². The maximum absolute atomic E-state index is 13.6. The van der Waals surface area contributed by atoms with Crippen LogP contribution in [0.25, 0.3) is 0 Å². The Hall–Kier alpha value is -1.70. The van der Waals surface area contributed by atoms with Crippen LogP contribution in [0.4, 0.5) is 8.78 Å². The lowest BCUT2D eigenvalue weighted by molar-refractivity contribution is 0.581. The Balaban J connectivity index is 0.00000288. The molecule has 130 valence electrons. The van der Waals surface area contributed by atoms with Gasteiger partial charge in [0.25, 0.3) is 0 Å². The molecule has 0 atom stereocenters. The lowest BCUT2D eigenvalue weighted by atomic mass is 10.1. The summed E-state index contributed by atoms with van der Waals surface area (Å²) in [6.07, 6.45) is 0. The Labute approximate surface area is 158 Å². The average molecular weight is 445 g/mol. The topological polar surface area (TPSA) is 36.4 Å². The molecule has 0 amide bonds. The molecule has 2 N–H and O–H groups in total. The van der Waals surface area contributed by atoms with Crippen LogP contribution in [-0.4, -0.2) is 13.0 Å². The molecule has 0 saturated heterocycles. The first-order valence-corrected chi connectivity index (χ1v) is 7.44. The number of aryl methyl sites for hydroxylation is 2. The van der Waals surface area contributed by atoms with Crippen molar-refractivity contribution in [3.05, 3.63) is 70.3 Å². The minimum absolute atomic E-state index is 0. The maximum Gasteiger partial charge on any atom is 0.191 e. The van der Waals surface area contributed by atoms with Crippen LogP contribution in [0.1, 0.15) is 22.3 Å². The fourth-order valence-corrected chi connectivity index (χ4v) is 2.30. The van der Waals surface area contributed by atoms with Gasteiger partial charge in [0.15, 0.2) is 5.96 Å². The number of hydrogen-bond donors (Lipinski definition) is 2. The van der Waals surface area contributed by atoms with E-state index in [1.165, 1.54) is 17.2 Å². The summed E-state index contributed by atoms with van der Waals surface area (Å²) in [5.41, 5.74) is 3.84. The molecule has 0 radical (unpaired) electrons. The van der Waals surface area contributed by atoms with Gasteiger partial charge in [-0.3, -0.25) is 4.99 Å². The third-order valence-electron chi connectivity index (χ3n) is 3.62. The van der Waals surface area contributed by atoms with Crippen LogP contribution in [0.2, 0.25) is 0 Å².